The lowest BCUT2D eigenvalue weighted by atomic mass is 10.0. The van der Waals surface area contributed by atoms with Crippen LogP contribution in [-0.2, 0) is 14.4 Å². The number of carbonyl (C=O) groups excluding carboxylic acids is 4. The summed E-state index contributed by atoms with van der Waals surface area (Å²) >= 11 is 1.64. The summed E-state index contributed by atoms with van der Waals surface area (Å²) in [6.45, 7) is 8.56. The van der Waals surface area contributed by atoms with Gasteiger partial charge in [0.1, 0.15) is 12.1 Å². The number of thiophene rings is 1. The first-order chi connectivity index (χ1) is 17.7. The molecule has 0 aliphatic carbocycles. The molecular formula is C29H37N3O4S. The van der Waals surface area contributed by atoms with Gasteiger partial charge in [0.25, 0.3) is 5.91 Å². The lowest BCUT2D eigenvalue weighted by Gasteiger charge is -2.29. The molecule has 3 amide bonds. The van der Waals surface area contributed by atoms with Crippen molar-refractivity contribution in [3.05, 3.63) is 47.3 Å². The molecule has 0 spiro atoms. The van der Waals surface area contributed by atoms with Gasteiger partial charge in [-0.2, -0.15) is 0 Å². The second kappa shape index (κ2) is 11.6. The van der Waals surface area contributed by atoms with Gasteiger partial charge in [0, 0.05) is 23.4 Å². The van der Waals surface area contributed by atoms with Crippen molar-refractivity contribution in [3.8, 4) is 10.4 Å². The number of hydrogen-bond donors (Lipinski definition) is 1. The molecule has 1 aromatic heterocycles. The van der Waals surface area contributed by atoms with Crippen molar-refractivity contribution >= 4 is 34.8 Å². The second-order valence-electron chi connectivity index (χ2n) is 10.7. The Morgan fingerprint density at radius 1 is 1.08 bits per heavy atom. The number of fused-ring (bicyclic) bond motifs is 1. The van der Waals surface area contributed by atoms with Gasteiger partial charge in [-0.05, 0) is 53.8 Å². The Balaban J connectivity index is 1.46. The predicted octanol–water partition coefficient (Wildman–Crippen LogP) is 4.38. The first-order valence-corrected chi connectivity index (χ1v) is 14.1. The average Bonchev–Trinajstić information content (AvgIpc) is 3.62. The monoisotopic (exact) mass is 523 g/mol. The fourth-order valence-electron chi connectivity index (χ4n) is 5.31. The number of nitrogens with one attached hydrogen (secondary N) is 1. The van der Waals surface area contributed by atoms with Crippen molar-refractivity contribution < 1.29 is 19.2 Å². The van der Waals surface area contributed by atoms with Crippen molar-refractivity contribution in [2.45, 2.75) is 71.5 Å². The SMILES string of the molecule is CCC(C)CC(=O)N1CC(=O)C2C1CCN2C(=O)C(CC(C)C)NC(=O)c1ccc(-c2cccs2)cc1. The normalized spacial score (nSPS) is 20.7. The lowest BCUT2D eigenvalue weighted by Crippen LogP contribution is -2.53. The Morgan fingerprint density at radius 3 is 2.43 bits per heavy atom. The molecule has 0 saturated carbocycles. The average molecular weight is 524 g/mol. The summed E-state index contributed by atoms with van der Waals surface area (Å²) in [5.74, 6) is -0.230. The van der Waals surface area contributed by atoms with E-state index in [0.29, 0.717) is 31.4 Å². The third-order valence-corrected chi connectivity index (χ3v) is 8.43. The van der Waals surface area contributed by atoms with Crippen molar-refractivity contribution in [1.29, 1.82) is 0 Å². The fraction of sp³-hybridized carbons (Fsp3) is 0.517. The van der Waals surface area contributed by atoms with Crippen molar-refractivity contribution in [2.75, 3.05) is 13.1 Å². The van der Waals surface area contributed by atoms with Gasteiger partial charge in [0.2, 0.25) is 11.8 Å². The molecule has 2 aliphatic rings. The van der Waals surface area contributed by atoms with Gasteiger partial charge >= 0.3 is 0 Å². The molecule has 2 aliphatic heterocycles. The fourth-order valence-corrected chi connectivity index (χ4v) is 6.05. The highest BCUT2D eigenvalue weighted by Gasteiger charge is 2.52. The number of Topliss-reactive ketones (excluding diaryl/α,β-unsaturated/α-hetero) is 1. The van der Waals surface area contributed by atoms with Gasteiger partial charge in [0.05, 0.1) is 12.6 Å². The van der Waals surface area contributed by atoms with E-state index in [1.54, 1.807) is 33.3 Å². The number of rotatable bonds is 9. The highest BCUT2D eigenvalue weighted by atomic mass is 32.1. The molecule has 0 bridgehead atoms. The molecule has 4 rings (SSSR count). The van der Waals surface area contributed by atoms with E-state index in [4.69, 9.17) is 0 Å². The molecular weight excluding hydrogens is 486 g/mol. The third-order valence-electron chi connectivity index (χ3n) is 7.51. The van der Waals surface area contributed by atoms with Gasteiger partial charge in [-0.1, -0.05) is 52.3 Å². The largest absolute Gasteiger partial charge is 0.340 e. The molecule has 0 radical (unpaired) electrons. The molecule has 4 atom stereocenters. The van der Waals surface area contributed by atoms with Gasteiger partial charge in [-0.15, -0.1) is 11.3 Å². The molecule has 1 aromatic carbocycles. The maximum atomic E-state index is 13.7. The van der Waals surface area contributed by atoms with E-state index < -0.39 is 12.1 Å². The number of ketones is 1. The summed E-state index contributed by atoms with van der Waals surface area (Å²) in [5.41, 5.74) is 1.52. The second-order valence-corrected chi connectivity index (χ2v) is 11.7. The smallest absolute Gasteiger partial charge is 0.251 e. The maximum absolute atomic E-state index is 13.7. The minimum atomic E-state index is -0.735. The van der Waals surface area contributed by atoms with Crippen LogP contribution in [0.25, 0.3) is 10.4 Å². The van der Waals surface area contributed by atoms with Crippen LogP contribution < -0.4 is 5.32 Å². The highest BCUT2D eigenvalue weighted by molar-refractivity contribution is 7.13. The third kappa shape index (κ3) is 5.95. The number of amides is 3. The summed E-state index contributed by atoms with van der Waals surface area (Å²) < 4.78 is 0. The molecule has 37 heavy (non-hydrogen) atoms. The van der Waals surface area contributed by atoms with E-state index in [1.165, 1.54) is 0 Å². The first-order valence-electron chi connectivity index (χ1n) is 13.3. The van der Waals surface area contributed by atoms with Crippen LogP contribution in [0.2, 0.25) is 0 Å². The topological polar surface area (TPSA) is 86.8 Å². The zero-order chi connectivity index (χ0) is 26.7. The molecule has 198 valence electrons. The summed E-state index contributed by atoms with van der Waals surface area (Å²) in [5, 5.41) is 4.95. The van der Waals surface area contributed by atoms with Crippen LogP contribution in [0.3, 0.4) is 0 Å². The Morgan fingerprint density at radius 2 is 1.81 bits per heavy atom. The van der Waals surface area contributed by atoms with Crippen LogP contribution in [0, 0.1) is 11.8 Å². The van der Waals surface area contributed by atoms with E-state index >= 15 is 0 Å². The van der Waals surface area contributed by atoms with E-state index in [-0.39, 0.29) is 47.9 Å². The van der Waals surface area contributed by atoms with Gasteiger partial charge in [-0.25, -0.2) is 0 Å². The summed E-state index contributed by atoms with van der Waals surface area (Å²) in [6, 6.07) is 9.76. The van der Waals surface area contributed by atoms with Crippen LogP contribution in [0.1, 0.15) is 63.7 Å². The molecule has 2 fully saturated rings. The van der Waals surface area contributed by atoms with Crippen LogP contribution >= 0.6 is 11.3 Å². The quantitative estimate of drug-likeness (QED) is 0.529. The Bertz CT molecular complexity index is 1130. The number of benzene rings is 1. The van der Waals surface area contributed by atoms with Crippen LogP contribution in [-0.4, -0.2) is 64.5 Å². The molecule has 2 aromatic rings. The molecule has 3 heterocycles. The van der Waals surface area contributed by atoms with E-state index in [9.17, 15) is 19.2 Å². The van der Waals surface area contributed by atoms with Gasteiger partial charge < -0.3 is 15.1 Å². The summed E-state index contributed by atoms with van der Waals surface area (Å²) in [4.78, 5) is 57.1. The minimum absolute atomic E-state index is 0.0115. The molecule has 4 unspecified atom stereocenters. The van der Waals surface area contributed by atoms with Crippen LogP contribution in [0.4, 0.5) is 0 Å². The molecule has 1 N–H and O–H groups in total. The number of likely N-dealkylation sites (tertiary alicyclic amines) is 2. The maximum Gasteiger partial charge on any atom is 0.251 e. The molecule has 7 nitrogen and oxygen atoms in total. The number of hydrogen-bond acceptors (Lipinski definition) is 5. The van der Waals surface area contributed by atoms with E-state index in [0.717, 1.165) is 16.9 Å². The van der Waals surface area contributed by atoms with Gasteiger partial charge in [-0.3, -0.25) is 19.2 Å². The Labute approximate surface area is 223 Å². The lowest BCUT2D eigenvalue weighted by molar-refractivity contribution is -0.138. The Hall–Kier alpha value is -3.00. The van der Waals surface area contributed by atoms with Crippen molar-refractivity contribution in [3.63, 3.8) is 0 Å². The zero-order valence-electron chi connectivity index (χ0n) is 22.1. The Kier molecular flexibility index (Phi) is 8.47. The van der Waals surface area contributed by atoms with Crippen molar-refractivity contribution in [2.24, 2.45) is 11.8 Å². The number of nitrogens with zero attached hydrogens (tertiary/aromatic N) is 2. The predicted molar refractivity (Wildman–Crippen MR) is 145 cm³/mol. The molecule has 2 saturated heterocycles. The molecule has 8 heteroatoms. The summed E-state index contributed by atoms with van der Waals surface area (Å²) in [7, 11) is 0. The van der Waals surface area contributed by atoms with E-state index in [1.807, 2.05) is 57.3 Å². The van der Waals surface area contributed by atoms with Crippen molar-refractivity contribution in [1.82, 2.24) is 15.1 Å². The summed E-state index contributed by atoms with van der Waals surface area (Å²) in [6.07, 6.45) is 2.37. The van der Waals surface area contributed by atoms with Crippen LogP contribution in [0.5, 0.6) is 0 Å². The standard InChI is InChI=1S/C29H37N3O4S/c1-5-19(4)16-26(34)32-17-24(33)27-23(32)12-13-31(27)29(36)22(15-18(2)3)30-28(35)21-10-8-20(9-11-21)25-7-6-14-37-25/h6-11,14,18-19,22-23,27H,5,12-13,15-17H2,1-4H3,(H,30,35). The van der Waals surface area contributed by atoms with Gasteiger partial charge in [0.15, 0.2) is 5.78 Å². The number of carbonyl (C=O) groups is 4. The zero-order valence-corrected chi connectivity index (χ0v) is 22.9. The first kappa shape index (κ1) is 27.0. The van der Waals surface area contributed by atoms with E-state index in [2.05, 4.69) is 5.32 Å². The highest BCUT2D eigenvalue weighted by Crippen LogP contribution is 2.32. The minimum Gasteiger partial charge on any atom is -0.340 e. The van der Waals surface area contributed by atoms with Crippen LogP contribution in [0.15, 0.2) is 41.8 Å².